The topological polar surface area (TPSA) is 110 Å². The lowest BCUT2D eigenvalue weighted by atomic mass is 9.99. The predicted octanol–water partition coefficient (Wildman–Crippen LogP) is 0.646. The number of hydrogen-bond donors (Lipinski definition) is 3. The van der Waals surface area contributed by atoms with Gasteiger partial charge in [0, 0.05) is 6.07 Å². The van der Waals surface area contributed by atoms with Gasteiger partial charge in [-0.2, -0.15) is 0 Å². The molecule has 0 aliphatic carbocycles. The first-order valence-corrected chi connectivity index (χ1v) is 5.28. The standard InChI is InChI=1S/C11H16N2O4/c1-7-2-3-8(9(6-7)13(16)17)11(15)10(14)4-5-12/h2-3,6,10-11,14-15H,4-5,12H2,1H3. The zero-order valence-corrected chi connectivity index (χ0v) is 9.54. The molecule has 0 aliphatic rings. The lowest BCUT2D eigenvalue weighted by Gasteiger charge is -2.17. The zero-order valence-electron chi connectivity index (χ0n) is 9.54. The van der Waals surface area contributed by atoms with Crippen molar-refractivity contribution in [1.82, 2.24) is 0 Å². The van der Waals surface area contributed by atoms with E-state index in [-0.39, 0.29) is 24.2 Å². The van der Waals surface area contributed by atoms with E-state index in [9.17, 15) is 20.3 Å². The Morgan fingerprint density at radius 2 is 2.12 bits per heavy atom. The molecule has 1 aromatic rings. The van der Waals surface area contributed by atoms with E-state index < -0.39 is 17.1 Å². The Kier molecular flexibility index (Phi) is 4.56. The van der Waals surface area contributed by atoms with Gasteiger partial charge in [-0.1, -0.05) is 6.07 Å². The van der Waals surface area contributed by atoms with E-state index >= 15 is 0 Å². The molecule has 1 aromatic carbocycles. The highest BCUT2D eigenvalue weighted by atomic mass is 16.6. The molecule has 94 valence electrons. The number of aliphatic hydroxyl groups is 2. The molecule has 1 rings (SSSR count). The summed E-state index contributed by atoms with van der Waals surface area (Å²) in [5.41, 5.74) is 5.91. The molecular formula is C11H16N2O4. The monoisotopic (exact) mass is 240 g/mol. The smallest absolute Gasteiger partial charge is 0.275 e. The van der Waals surface area contributed by atoms with Crippen molar-refractivity contribution in [3.63, 3.8) is 0 Å². The van der Waals surface area contributed by atoms with Gasteiger partial charge in [-0.05, 0) is 31.5 Å². The van der Waals surface area contributed by atoms with Crippen molar-refractivity contribution in [2.45, 2.75) is 25.6 Å². The minimum atomic E-state index is -1.29. The number of nitrogens with zero attached hydrogens (tertiary/aromatic N) is 1. The van der Waals surface area contributed by atoms with Crippen LogP contribution in [0.5, 0.6) is 0 Å². The number of aryl methyl sites for hydroxylation is 1. The van der Waals surface area contributed by atoms with Crippen LogP contribution in [0.4, 0.5) is 5.69 Å². The van der Waals surface area contributed by atoms with Crippen LogP contribution in [-0.2, 0) is 0 Å². The molecule has 0 aromatic heterocycles. The minimum absolute atomic E-state index is 0.113. The van der Waals surface area contributed by atoms with Gasteiger partial charge in [0.25, 0.3) is 5.69 Å². The van der Waals surface area contributed by atoms with Gasteiger partial charge in [-0.25, -0.2) is 0 Å². The van der Waals surface area contributed by atoms with Gasteiger partial charge in [0.2, 0.25) is 0 Å². The van der Waals surface area contributed by atoms with Crippen molar-refractivity contribution in [3.8, 4) is 0 Å². The van der Waals surface area contributed by atoms with Crippen molar-refractivity contribution < 1.29 is 15.1 Å². The lowest BCUT2D eigenvalue weighted by Crippen LogP contribution is -2.22. The molecule has 0 spiro atoms. The van der Waals surface area contributed by atoms with Crippen LogP contribution < -0.4 is 5.73 Å². The minimum Gasteiger partial charge on any atom is -0.390 e. The van der Waals surface area contributed by atoms with E-state index in [2.05, 4.69) is 0 Å². The summed E-state index contributed by atoms with van der Waals surface area (Å²) in [6, 6.07) is 4.48. The molecule has 0 fully saturated rings. The number of nitro groups is 1. The lowest BCUT2D eigenvalue weighted by molar-refractivity contribution is -0.386. The zero-order chi connectivity index (χ0) is 13.0. The van der Waals surface area contributed by atoms with Gasteiger partial charge in [0.05, 0.1) is 16.6 Å². The summed E-state index contributed by atoms with van der Waals surface area (Å²) in [7, 11) is 0. The van der Waals surface area contributed by atoms with Crippen LogP contribution in [0, 0.1) is 17.0 Å². The summed E-state index contributed by atoms with van der Waals surface area (Å²) in [6.07, 6.45) is -2.20. The Balaban J connectivity index is 3.08. The van der Waals surface area contributed by atoms with Gasteiger partial charge in [-0.15, -0.1) is 0 Å². The van der Waals surface area contributed by atoms with Gasteiger partial charge in [0.15, 0.2) is 0 Å². The molecule has 0 amide bonds. The molecule has 2 unspecified atom stereocenters. The van der Waals surface area contributed by atoms with E-state index in [4.69, 9.17) is 5.73 Å². The van der Waals surface area contributed by atoms with Crippen LogP contribution in [0.3, 0.4) is 0 Å². The number of aliphatic hydroxyl groups excluding tert-OH is 2. The van der Waals surface area contributed by atoms with Gasteiger partial charge >= 0.3 is 0 Å². The van der Waals surface area contributed by atoms with E-state index in [1.165, 1.54) is 12.1 Å². The molecule has 6 nitrogen and oxygen atoms in total. The second-order valence-electron chi connectivity index (χ2n) is 3.91. The van der Waals surface area contributed by atoms with Crippen molar-refractivity contribution in [1.29, 1.82) is 0 Å². The van der Waals surface area contributed by atoms with Crippen molar-refractivity contribution >= 4 is 5.69 Å². The summed E-state index contributed by atoms with van der Waals surface area (Å²) in [6.45, 7) is 1.93. The number of nitrogens with two attached hydrogens (primary N) is 1. The predicted molar refractivity (Wildman–Crippen MR) is 62.5 cm³/mol. The second-order valence-corrected chi connectivity index (χ2v) is 3.91. The first-order chi connectivity index (χ1) is 7.97. The second kappa shape index (κ2) is 5.72. The van der Waals surface area contributed by atoms with E-state index in [1.807, 2.05) is 0 Å². The molecule has 6 heteroatoms. The summed E-state index contributed by atoms with van der Waals surface area (Å²) in [5.74, 6) is 0. The molecular weight excluding hydrogens is 224 g/mol. The maximum Gasteiger partial charge on any atom is 0.275 e. The van der Waals surface area contributed by atoms with Crippen LogP contribution in [0.15, 0.2) is 18.2 Å². The Morgan fingerprint density at radius 1 is 1.47 bits per heavy atom. The van der Waals surface area contributed by atoms with Crippen LogP contribution in [0.2, 0.25) is 0 Å². The van der Waals surface area contributed by atoms with Gasteiger partial charge < -0.3 is 15.9 Å². The first-order valence-electron chi connectivity index (χ1n) is 5.28. The third-order valence-corrected chi connectivity index (χ3v) is 2.53. The molecule has 17 heavy (non-hydrogen) atoms. The molecule has 0 saturated carbocycles. The fraction of sp³-hybridized carbons (Fsp3) is 0.455. The quantitative estimate of drug-likeness (QED) is 0.517. The molecule has 0 bridgehead atoms. The van der Waals surface area contributed by atoms with Gasteiger partial charge in [-0.3, -0.25) is 10.1 Å². The molecule has 0 heterocycles. The summed E-state index contributed by atoms with van der Waals surface area (Å²) in [5, 5.41) is 30.3. The van der Waals surface area contributed by atoms with Crippen LogP contribution in [-0.4, -0.2) is 27.8 Å². The molecule has 4 N–H and O–H groups in total. The maximum absolute atomic E-state index is 10.8. The third kappa shape index (κ3) is 3.23. The largest absolute Gasteiger partial charge is 0.390 e. The number of rotatable bonds is 5. The van der Waals surface area contributed by atoms with E-state index in [0.29, 0.717) is 0 Å². The van der Waals surface area contributed by atoms with Crippen molar-refractivity contribution in [2.24, 2.45) is 5.73 Å². The number of nitro benzene ring substituents is 1. The van der Waals surface area contributed by atoms with Crippen LogP contribution in [0.1, 0.15) is 23.7 Å². The molecule has 0 aliphatic heterocycles. The summed E-state index contributed by atoms with van der Waals surface area (Å²) < 4.78 is 0. The maximum atomic E-state index is 10.8. The molecule has 0 radical (unpaired) electrons. The third-order valence-electron chi connectivity index (χ3n) is 2.53. The van der Waals surface area contributed by atoms with Crippen molar-refractivity contribution in [3.05, 3.63) is 39.4 Å². The number of hydrogen-bond acceptors (Lipinski definition) is 5. The Morgan fingerprint density at radius 3 is 2.65 bits per heavy atom. The molecule has 0 saturated heterocycles. The average Bonchev–Trinajstić information content (AvgIpc) is 2.28. The highest BCUT2D eigenvalue weighted by Crippen LogP contribution is 2.28. The highest BCUT2D eigenvalue weighted by Gasteiger charge is 2.25. The van der Waals surface area contributed by atoms with Crippen LogP contribution in [0.25, 0.3) is 0 Å². The fourth-order valence-corrected chi connectivity index (χ4v) is 1.60. The summed E-state index contributed by atoms with van der Waals surface area (Å²) >= 11 is 0. The SMILES string of the molecule is Cc1ccc(C(O)C(O)CCN)c([N+](=O)[O-])c1. The van der Waals surface area contributed by atoms with Crippen LogP contribution >= 0.6 is 0 Å². The van der Waals surface area contributed by atoms with E-state index in [1.54, 1.807) is 13.0 Å². The van der Waals surface area contributed by atoms with Crippen molar-refractivity contribution in [2.75, 3.05) is 6.54 Å². The Hall–Kier alpha value is -1.50. The number of benzene rings is 1. The average molecular weight is 240 g/mol. The summed E-state index contributed by atoms with van der Waals surface area (Å²) in [4.78, 5) is 10.3. The first kappa shape index (κ1) is 13.6. The normalized spacial score (nSPS) is 14.4. The Labute approximate surface area is 98.8 Å². The van der Waals surface area contributed by atoms with E-state index in [0.717, 1.165) is 5.56 Å². The fourth-order valence-electron chi connectivity index (χ4n) is 1.60. The Bertz CT molecular complexity index is 408. The van der Waals surface area contributed by atoms with Gasteiger partial charge in [0.1, 0.15) is 6.10 Å². The highest BCUT2D eigenvalue weighted by molar-refractivity contribution is 5.44. The molecule has 2 atom stereocenters.